The summed E-state index contributed by atoms with van der Waals surface area (Å²) in [7, 11) is 0. The highest BCUT2D eigenvalue weighted by Gasteiger charge is 2.38. The van der Waals surface area contributed by atoms with Crippen molar-refractivity contribution in [2.45, 2.75) is 6.18 Å². The standard InChI is InChI=1S/C41H21F3N2/c1-45-33-22-30-31(23-34(33)46-2)36(26-16-10-5-11-17-26)40-29-20-21-32(41(42,43)44)38-27(24-12-6-3-7-13-24)18-19-28(37(29)38)39(40)35(30)25-14-8-4-9-15-25/h3-23H. The lowest BCUT2D eigenvalue weighted by Gasteiger charge is -2.21. The fourth-order valence-corrected chi connectivity index (χ4v) is 7.04. The first-order valence-corrected chi connectivity index (χ1v) is 14.7. The van der Waals surface area contributed by atoms with Crippen LogP contribution in [0.4, 0.5) is 24.5 Å². The van der Waals surface area contributed by atoms with Gasteiger partial charge in [-0.05, 0) is 77.9 Å². The molecule has 216 valence electrons. The van der Waals surface area contributed by atoms with E-state index in [2.05, 4.69) is 9.69 Å². The van der Waals surface area contributed by atoms with Gasteiger partial charge in [-0.15, -0.1) is 0 Å². The largest absolute Gasteiger partial charge is 0.417 e. The molecule has 0 bridgehead atoms. The third kappa shape index (κ3) is 3.96. The van der Waals surface area contributed by atoms with Crippen molar-refractivity contribution < 1.29 is 13.2 Å². The summed E-state index contributed by atoms with van der Waals surface area (Å²) in [6.45, 7) is 15.7. The van der Waals surface area contributed by atoms with Crippen LogP contribution in [0.1, 0.15) is 5.56 Å². The quantitative estimate of drug-likeness (QED) is 0.179. The minimum Gasteiger partial charge on any atom is -0.250 e. The van der Waals surface area contributed by atoms with Gasteiger partial charge in [-0.2, -0.15) is 13.2 Å². The molecule has 8 rings (SSSR count). The average molecular weight is 599 g/mol. The van der Waals surface area contributed by atoms with Crippen LogP contribution in [0.5, 0.6) is 0 Å². The lowest BCUT2D eigenvalue weighted by Crippen LogP contribution is -2.06. The summed E-state index contributed by atoms with van der Waals surface area (Å²) in [5, 5.41) is 2.25. The molecule has 0 heterocycles. The Morgan fingerprint density at radius 2 is 0.848 bits per heavy atom. The van der Waals surface area contributed by atoms with Gasteiger partial charge in [0.1, 0.15) is 0 Å². The zero-order valence-corrected chi connectivity index (χ0v) is 24.2. The molecule has 0 saturated heterocycles. The van der Waals surface area contributed by atoms with Gasteiger partial charge in [-0.25, -0.2) is 0 Å². The van der Waals surface area contributed by atoms with Crippen molar-refractivity contribution in [1.82, 2.24) is 0 Å². The van der Waals surface area contributed by atoms with Gasteiger partial charge in [0.2, 0.25) is 0 Å². The third-order valence-electron chi connectivity index (χ3n) is 8.86. The molecule has 2 nitrogen and oxygen atoms in total. The van der Waals surface area contributed by atoms with Crippen molar-refractivity contribution in [3.63, 3.8) is 0 Å². The number of hydrogen-bond acceptors (Lipinski definition) is 0. The molecule has 1 aliphatic rings. The molecule has 5 heteroatoms. The highest BCUT2D eigenvalue weighted by Crippen LogP contribution is 2.60. The van der Waals surface area contributed by atoms with E-state index in [0.29, 0.717) is 27.6 Å². The van der Waals surface area contributed by atoms with Crippen LogP contribution in [-0.2, 0) is 6.18 Å². The summed E-state index contributed by atoms with van der Waals surface area (Å²) in [6.07, 6.45) is -4.58. The van der Waals surface area contributed by atoms with Gasteiger partial charge in [0, 0.05) is 5.39 Å². The Kier molecular flexibility index (Phi) is 6.07. The van der Waals surface area contributed by atoms with Crippen molar-refractivity contribution in [3.8, 4) is 55.6 Å². The predicted molar refractivity (Wildman–Crippen MR) is 180 cm³/mol. The second kappa shape index (κ2) is 10.2. The maximum absolute atomic E-state index is 14.9. The molecule has 0 spiro atoms. The summed E-state index contributed by atoms with van der Waals surface area (Å²) in [5.74, 6) is 0. The molecule has 1 aliphatic carbocycles. The number of alkyl halides is 3. The van der Waals surface area contributed by atoms with Crippen LogP contribution in [0, 0.1) is 13.1 Å². The van der Waals surface area contributed by atoms with Crippen LogP contribution in [0.25, 0.3) is 86.9 Å². The Morgan fingerprint density at radius 1 is 0.435 bits per heavy atom. The molecule has 0 N–H and O–H groups in total. The van der Waals surface area contributed by atoms with Gasteiger partial charge in [0.05, 0.1) is 18.7 Å². The first kappa shape index (κ1) is 27.4. The van der Waals surface area contributed by atoms with Gasteiger partial charge >= 0.3 is 6.18 Å². The van der Waals surface area contributed by atoms with E-state index in [9.17, 15) is 13.2 Å². The maximum Gasteiger partial charge on any atom is 0.417 e. The number of benzene rings is 7. The lowest BCUT2D eigenvalue weighted by atomic mass is 9.82. The Balaban J connectivity index is 1.65. The zero-order chi connectivity index (χ0) is 31.6. The fourth-order valence-electron chi connectivity index (χ4n) is 7.04. The van der Waals surface area contributed by atoms with Gasteiger partial charge in [0.15, 0.2) is 11.4 Å². The summed E-state index contributed by atoms with van der Waals surface area (Å²) < 4.78 is 44.6. The van der Waals surface area contributed by atoms with Crippen LogP contribution < -0.4 is 0 Å². The van der Waals surface area contributed by atoms with Crippen molar-refractivity contribution in [2.24, 2.45) is 0 Å². The predicted octanol–water partition coefficient (Wildman–Crippen LogP) is 12.8. The molecule has 0 aromatic heterocycles. The third-order valence-corrected chi connectivity index (χ3v) is 8.86. The molecule has 0 atom stereocenters. The number of halogens is 3. The summed E-state index contributed by atoms with van der Waals surface area (Å²) in [6, 6.07) is 38.8. The smallest absolute Gasteiger partial charge is 0.250 e. The van der Waals surface area contributed by atoms with E-state index in [-0.39, 0.29) is 16.8 Å². The van der Waals surface area contributed by atoms with E-state index in [1.165, 1.54) is 6.07 Å². The average Bonchev–Trinajstić information content (AvgIpc) is 3.42. The topological polar surface area (TPSA) is 8.72 Å². The monoisotopic (exact) mass is 598 g/mol. The molecule has 7 aromatic rings. The molecule has 0 amide bonds. The fraction of sp³-hybridized carbons (Fsp3) is 0.0244. The van der Waals surface area contributed by atoms with E-state index < -0.39 is 11.7 Å². The van der Waals surface area contributed by atoms with Crippen molar-refractivity contribution in [2.75, 3.05) is 0 Å². The first-order valence-electron chi connectivity index (χ1n) is 14.7. The Hall–Kier alpha value is -6.17. The van der Waals surface area contributed by atoms with Crippen LogP contribution >= 0.6 is 0 Å². The van der Waals surface area contributed by atoms with Crippen LogP contribution in [-0.4, -0.2) is 0 Å². The maximum atomic E-state index is 14.9. The Labute approximate surface area is 263 Å². The summed E-state index contributed by atoms with van der Waals surface area (Å²) >= 11 is 0. The van der Waals surface area contributed by atoms with Gasteiger partial charge < -0.3 is 0 Å². The molecule has 7 aromatic carbocycles. The van der Waals surface area contributed by atoms with Gasteiger partial charge in [-0.3, -0.25) is 9.69 Å². The molecule has 0 fully saturated rings. The van der Waals surface area contributed by atoms with E-state index in [4.69, 9.17) is 13.1 Å². The first-order chi connectivity index (χ1) is 22.4. The van der Waals surface area contributed by atoms with Gasteiger partial charge in [-0.1, -0.05) is 121 Å². The van der Waals surface area contributed by atoms with Crippen LogP contribution in [0.2, 0.25) is 0 Å². The summed E-state index contributed by atoms with van der Waals surface area (Å²) in [5.41, 5.74) is 7.46. The van der Waals surface area contributed by atoms with Crippen molar-refractivity contribution in [3.05, 3.63) is 156 Å². The number of fused-ring (bicyclic) bond motifs is 4. The number of nitrogens with zero attached hydrogens (tertiary/aromatic N) is 2. The Morgan fingerprint density at radius 3 is 1.28 bits per heavy atom. The second-order valence-electron chi connectivity index (χ2n) is 11.3. The van der Waals surface area contributed by atoms with Crippen LogP contribution in [0.3, 0.4) is 0 Å². The number of hydrogen-bond donors (Lipinski definition) is 0. The zero-order valence-electron chi connectivity index (χ0n) is 24.2. The van der Waals surface area contributed by atoms with Crippen molar-refractivity contribution >= 4 is 32.9 Å². The molecular weight excluding hydrogens is 577 g/mol. The Bertz CT molecular complexity index is 2340. The van der Waals surface area contributed by atoms with E-state index in [1.807, 2.05) is 97.1 Å². The number of rotatable bonds is 3. The minimum atomic E-state index is -4.58. The second-order valence-corrected chi connectivity index (χ2v) is 11.3. The molecule has 0 saturated carbocycles. The van der Waals surface area contributed by atoms with E-state index >= 15 is 0 Å². The van der Waals surface area contributed by atoms with E-state index in [1.54, 1.807) is 24.3 Å². The SMILES string of the molecule is [C-]#[N+]c1cc2c(-c3ccccc3)c3c(c(-c4ccccc4)c2cc1[N+]#[C-])-c1ccc(C(F)(F)F)c2c(-c4ccccc4)ccc-3c12. The molecule has 46 heavy (non-hydrogen) atoms. The lowest BCUT2D eigenvalue weighted by molar-refractivity contribution is -0.136. The molecule has 0 unspecified atom stereocenters. The molecule has 0 radical (unpaired) electrons. The highest BCUT2D eigenvalue weighted by atomic mass is 19.4. The van der Waals surface area contributed by atoms with Gasteiger partial charge in [0.25, 0.3) is 0 Å². The van der Waals surface area contributed by atoms with Crippen LogP contribution in [0.15, 0.2) is 127 Å². The summed E-state index contributed by atoms with van der Waals surface area (Å²) in [4.78, 5) is 7.39. The normalized spacial score (nSPS) is 11.8. The van der Waals surface area contributed by atoms with E-state index in [0.717, 1.165) is 44.2 Å². The minimum absolute atomic E-state index is 0.163. The molecule has 0 aliphatic heterocycles. The van der Waals surface area contributed by atoms with Crippen molar-refractivity contribution in [1.29, 1.82) is 0 Å². The highest BCUT2D eigenvalue weighted by molar-refractivity contribution is 6.29. The molecular formula is C41H21F3N2.